The summed E-state index contributed by atoms with van der Waals surface area (Å²) in [6.07, 6.45) is 5.05. The first-order valence-corrected chi connectivity index (χ1v) is 10.4. The number of Topliss-reactive ketones (excluding diaryl/α,β-unsaturated/α-hetero) is 1. The number of benzene rings is 2. The van der Waals surface area contributed by atoms with E-state index in [1.807, 2.05) is 36.4 Å². The Bertz CT molecular complexity index is 928. The van der Waals surface area contributed by atoms with Crippen LogP contribution in [0.5, 0.6) is 23.0 Å². The summed E-state index contributed by atoms with van der Waals surface area (Å²) in [5, 5.41) is 17.9. The number of ketones is 1. The summed E-state index contributed by atoms with van der Waals surface area (Å²) >= 11 is 0. The number of hydrogen-bond donors (Lipinski definition) is 2. The smallest absolute Gasteiger partial charge is 0.185 e. The number of carbonyl (C=O) groups is 1. The molecule has 2 aromatic carbocycles. The third-order valence-corrected chi connectivity index (χ3v) is 5.00. The van der Waals surface area contributed by atoms with Crippen LogP contribution in [0.1, 0.15) is 24.0 Å². The first-order chi connectivity index (χ1) is 15.6. The van der Waals surface area contributed by atoms with Gasteiger partial charge in [0.25, 0.3) is 0 Å². The maximum atomic E-state index is 12.9. The van der Waals surface area contributed by atoms with Gasteiger partial charge in [-0.05, 0) is 60.4 Å². The molecule has 170 valence electrons. The lowest BCUT2D eigenvalue weighted by Gasteiger charge is -2.10. The molecule has 7 heteroatoms. The average molecular weight is 440 g/mol. The van der Waals surface area contributed by atoms with Crippen LogP contribution in [0.3, 0.4) is 0 Å². The van der Waals surface area contributed by atoms with E-state index < -0.39 is 0 Å². The second-order valence-corrected chi connectivity index (χ2v) is 7.13. The van der Waals surface area contributed by atoms with Crippen LogP contribution in [0.2, 0.25) is 0 Å². The topological polar surface area (TPSA) is 94.5 Å². The Labute approximate surface area is 187 Å². The van der Waals surface area contributed by atoms with Gasteiger partial charge in [0.05, 0.1) is 27.4 Å². The molecule has 0 saturated heterocycles. The van der Waals surface area contributed by atoms with Crippen LogP contribution in [0.15, 0.2) is 47.5 Å². The number of rotatable bonds is 10. The number of ether oxygens (including phenoxy) is 4. The van der Waals surface area contributed by atoms with Gasteiger partial charge in [0.2, 0.25) is 0 Å². The first kappa shape index (κ1) is 23.4. The van der Waals surface area contributed by atoms with E-state index in [-0.39, 0.29) is 32.2 Å². The molecule has 2 N–H and O–H groups in total. The molecule has 0 spiro atoms. The van der Waals surface area contributed by atoms with Gasteiger partial charge in [-0.2, -0.15) is 0 Å². The number of aliphatic hydroxyl groups excluding tert-OH is 2. The van der Waals surface area contributed by atoms with Gasteiger partial charge in [0.1, 0.15) is 13.2 Å². The summed E-state index contributed by atoms with van der Waals surface area (Å²) in [5.74, 6) is 2.20. The maximum Gasteiger partial charge on any atom is 0.185 e. The minimum Gasteiger partial charge on any atom is -0.493 e. The summed E-state index contributed by atoms with van der Waals surface area (Å²) in [6.45, 7) is 0.206. The van der Waals surface area contributed by atoms with Gasteiger partial charge in [-0.1, -0.05) is 12.1 Å². The summed E-state index contributed by atoms with van der Waals surface area (Å²) in [4.78, 5) is 12.9. The highest BCUT2D eigenvalue weighted by atomic mass is 16.5. The molecule has 0 bridgehead atoms. The van der Waals surface area contributed by atoms with Crippen LogP contribution in [-0.4, -0.2) is 56.6 Å². The lowest BCUT2D eigenvalue weighted by atomic mass is 10.1. The summed E-state index contributed by atoms with van der Waals surface area (Å²) in [7, 11) is 3.10. The Morgan fingerprint density at radius 3 is 1.56 bits per heavy atom. The minimum atomic E-state index is -0.0805. The van der Waals surface area contributed by atoms with E-state index in [2.05, 4.69) is 0 Å². The highest BCUT2D eigenvalue weighted by Crippen LogP contribution is 2.34. The average Bonchev–Trinajstić information content (AvgIpc) is 3.15. The molecule has 0 aromatic heterocycles. The Morgan fingerprint density at radius 2 is 1.19 bits per heavy atom. The molecule has 0 aliphatic heterocycles. The van der Waals surface area contributed by atoms with Crippen LogP contribution in [0.4, 0.5) is 0 Å². The van der Waals surface area contributed by atoms with Crippen LogP contribution in [-0.2, 0) is 4.79 Å². The minimum absolute atomic E-state index is 0.0177. The van der Waals surface area contributed by atoms with Crippen molar-refractivity contribution in [3.63, 3.8) is 0 Å². The van der Waals surface area contributed by atoms with Crippen molar-refractivity contribution in [1.29, 1.82) is 0 Å². The van der Waals surface area contributed by atoms with E-state index in [1.54, 1.807) is 26.4 Å². The molecule has 0 radical (unpaired) electrons. The zero-order valence-electron chi connectivity index (χ0n) is 18.3. The van der Waals surface area contributed by atoms with E-state index >= 15 is 0 Å². The van der Waals surface area contributed by atoms with E-state index in [0.717, 1.165) is 22.3 Å². The van der Waals surface area contributed by atoms with Gasteiger partial charge in [0, 0.05) is 11.1 Å². The van der Waals surface area contributed by atoms with Gasteiger partial charge in [-0.3, -0.25) is 4.79 Å². The third-order valence-electron chi connectivity index (χ3n) is 5.00. The van der Waals surface area contributed by atoms with Crippen LogP contribution < -0.4 is 18.9 Å². The number of hydrogen-bond acceptors (Lipinski definition) is 7. The largest absolute Gasteiger partial charge is 0.493 e. The molecule has 7 nitrogen and oxygen atoms in total. The monoisotopic (exact) mass is 440 g/mol. The molecule has 1 aliphatic carbocycles. The van der Waals surface area contributed by atoms with E-state index in [1.165, 1.54) is 0 Å². The van der Waals surface area contributed by atoms with Crippen LogP contribution in [0.25, 0.3) is 12.2 Å². The summed E-state index contributed by atoms with van der Waals surface area (Å²) < 4.78 is 21.6. The number of carbonyl (C=O) groups excluding carboxylic acids is 1. The van der Waals surface area contributed by atoms with E-state index in [4.69, 9.17) is 29.2 Å². The molecule has 0 unspecified atom stereocenters. The Kier molecular flexibility index (Phi) is 8.30. The Morgan fingerprint density at radius 1 is 0.750 bits per heavy atom. The van der Waals surface area contributed by atoms with Crippen molar-refractivity contribution in [3.8, 4) is 23.0 Å². The molecular formula is C25H28O7. The zero-order chi connectivity index (χ0) is 22.9. The van der Waals surface area contributed by atoms with Gasteiger partial charge < -0.3 is 29.2 Å². The number of aliphatic hydroxyl groups is 2. The normalized spacial score (nSPS) is 15.9. The second-order valence-electron chi connectivity index (χ2n) is 7.13. The number of methoxy groups -OCH3 is 2. The van der Waals surface area contributed by atoms with Gasteiger partial charge in [-0.15, -0.1) is 0 Å². The Hall–Kier alpha value is -3.29. The van der Waals surface area contributed by atoms with Gasteiger partial charge in [0.15, 0.2) is 28.8 Å². The predicted molar refractivity (Wildman–Crippen MR) is 121 cm³/mol. The standard InChI is InChI=1S/C25H28O7/c1-29-23-15-17(3-7-21(23)31-11-9-26)13-19-5-6-20(25(19)28)14-18-4-8-22(32-12-10-27)24(16-18)30-2/h3-4,7-8,13-16,26-27H,5-6,9-12H2,1-2H3/b19-13-,20-14+. The fourth-order valence-electron chi connectivity index (χ4n) is 3.48. The SMILES string of the molecule is COc1cc(/C=C2/CC/C(=C\c3ccc(OCCO)c(OC)c3)C2=O)ccc1OCCO. The predicted octanol–water partition coefficient (Wildman–Crippen LogP) is 3.28. The van der Waals surface area contributed by atoms with Crippen molar-refractivity contribution < 1.29 is 34.0 Å². The maximum absolute atomic E-state index is 12.9. The zero-order valence-corrected chi connectivity index (χ0v) is 18.3. The molecule has 0 amide bonds. The van der Waals surface area contributed by atoms with Crippen LogP contribution in [0, 0.1) is 0 Å². The first-order valence-electron chi connectivity index (χ1n) is 10.4. The van der Waals surface area contributed by atoms with Crippen molar-refractivity contribution in [2.24, 2.45) is 0 Å². The van der Waals surface area contributed by atoms with E-state index in [0.29, 0.717) is 35.8 Å². The van der Waals surface area contributed by atoms with Crippen LogP contribution >= 0.6 is 0 Å². The van der Waals surface area contributed by atoms with Crippen molar-refractivity contribution in [2.45, 2.75) is 12.8 Å². The molecule has 1 aliphatic rings. The van der Waals surface area contributed by atoms with Crippen molar-refractivity contribution in [1.82, 2.24) is 0 Å². The van der Waals surface area contributed by atoms with Crippen molar-refractivity contribution in [3.05, 3.63) is 58.7 Å². The van der Waals surface area contributed by atoms with Gasteiger partial charge >= 0.3 is 0 Å². The summed E-state index contributed by atoms with van der Waals surface area (Å²) in [6, 6.07) is 10.9. The molecule has 1 fully saturated rings. The fraction of sp³-hybridized carbons (Fsp3) is 0.320. The van der Waals surface area contributed by atoms with Crippen molar-refractivity contribution >= 4 is 17.9 Å². The summed E-state index contributed by atoms with van der Waals surface area (Å²) in [5.41, 5.74) is 3.15. The van der Waals surface area contributed by atoms with Gasteiger partial charge in [-0.25, -0.2) is 0 Å². The molecule has 0 heterocycles. The number of allylic oxidation sites excluding steroid dienone is 2. The lowest BCUT2D eigenvalue weighted by molar-refractivity contribution is -0.111. The Balaban J connectivity index is 1.78. The molecule has 1 saturated carbocycles. The third kappa shape index (κ3) is 5.69. The highest BCUT2D eigenvalue weighted by Gasteiger charge is 2.23. The molecule has 0 atom stereocenters. The molecular weight excluding hydrogens is 412 g/mol. The quantitative estimate of drug-likeness (QED) is 0.548. The van der Waals surface area contributed by atoms with Crippen molar-refractivity contribution in [2.75, 3.05) is 40.6 Å². The molecule has 3 rings (SSSR count). The second kappa shape index (κ2) is 11.4. The van der Waals surface area contributed by atoms with E-state index in [9.17, 15) is 4.79 Å². The fourth-order valence-corrected chi connectivity index (χ4v) is 3.48. The molecule has 32 heavy (non-hydrogen) atoms. The molecule has 2 aromatic rings. The highest BCUT2D eigenvalue weighted by molar-refractivity contribution is 6.15. The lowest BCUT2D eigenvalue weighted by Crippen LogP contribution is -2.03.